The lowest BCUT2D eigenvalue weighted by atomic mass is 10.2. The summed E-state index contributed by atoms with van der Waals surface area (Å²) in [6, 6.07) is 0. The van der Waals surface area contributed by atoms with Gasteiger partial charge in [-0.15, -0.1) is 0 Å². The molecule has 1 aliphatic rings. The average Bonchev–Trinajstić information content (AvgIpc) is 2.26. The van der Waals surface area contributed by atoms with Gasteiger partial charge in [-0.1, -0.05) is 13.8 Å². The van der Waals surface area contributed by atoms with Crippen molar-refractivity contribution in [1.29, 1.82) is 0 Å². The standard InChI is InChI=1S/C13H29N3/c1-13(2)12-16-10-8-15(9-11-16)7-5-4-6-14-3/h13-14H,4-12H2,1-3H3. The molecule has 1 aliphatic heterocycles. The molecule has 0 spiro atoms. The predicted octanol–water partition coefficient (Wildman–Crippen LogP) is 1.26. The topological polar surface area (TPSA) is 18.5 Å². The summed E-state index contributed by atoms with van der Waals surface area (Å²) in [7, 11) is 2.03. The van der Waals surface area contributed by atoms with E-state index in [9.17, 15) is 0 Å². The minimum atomic E-state index is 0.808. The number of unbranched alkanes of at least 4 members (excludes halogenated alkanes) is 1. The van der Waals surface area contributed by atoms with E-state index in [1.165, 1.54) is 52.1 Å². The normalized spacial score (nSPS) is 19.5. The minimum absolute atomic E-state index is 0.808. The molecule has 1 rings (SSSR count). The average molecular weight is 227 g/mol. The molecular weight excluding hydrogens is 198 g/mol. The van der Waals surface area contributed by atoms with Crippen LogP contribution in [0.2, 0.25) is 0 Å². The first-order valence-corrected chi connectivity index (χ1v) is 6.81. The molecule has 0 amide bonds. The molecule has 1 N–H and O–H groups in total. The molecule has 0 saturated carbocycles. The number of rotatable bonds is 7. The minimum Gasteiger partial charge on any atom is -0.320 e. The Morgan fingerprint density at radius 1 is 1.00 bits per heavy atom. The van der Waals surface area contributed by atoms with E-state index in [4.69, 9.17) is 0 Å². The van der Waals surface area contributed by atoms with Crippen molar-refractivity contribution in [3.05, 3.63) is 0 Å². The van der Waals surface area contributed by atoms with Gasteiger partial charge in [0.1, 0.15) is 0 Å². The van der Waals surface area contributed by atoms with Gasteiger partial charge in [-0.3, -0.25) is 0 Å². The van der Waals surface area contributed by atoms with Gasteiger partial charge in [0.2, 0.25) is 0 Å². The van der Waals surface area contributed by atoms with Crippen molar-refractivity contribution >= 4 is 0 Å². The van der Waals surface area contributed by atoms with Crippen LogP contribution in [0.4, 0.5) is 0 Å². The smallest absolute Gasteiger partial charge is 0.0110 e. The van der Waals surface area contributed by atoms with Crippen LogP contribution < -0.4 is 5.32 Å². The van der Waals surface area contributed by atoms with Crippen molar-refractivity contribution in [1.82, 2.24) is 15.1 Å². The lowest BCUT2D eigenvalue weighted by Crippen LogP contribution is -2.47. The molecular formula is C13H29N3. The van der Waals surface area contributed by atoms with Crippen LogP contribution in [0.1, 0.15) is 26.7 Å². The highest BCUT2D eigenvalue weighted by Crippen LogP contribution is 2.06. The molecule has 0 radical (unpaired) electrons. The van der Waals surface area contributed by atoms with E-state index in [-0.39, 0.29) is 0 Å². The van der Waals surface area contributed by atoms with Gasteiger partial charge >= 0.3 is 0 Å². The summed E-state index contributed by atoms with van der Waals surface area (Å²) in [5, 5.41) is 3.21. The fourth-order valence-electron chi connectivity index (χ4n) is 2.35. The summed E-state index contributed by atoms with van der Waals surface area (Å²) in [5.74, 6) is 0.808. The molecule has 1 saturated heterocycles. The third-order valence-corrected chi connectivity index (χ3v) is 3.24. The second kappa shape index (κ2) is 8.04. The van der Waals surface area contributed by atoms with Gasteiger partial charge in [-0.25, -0.2) is 0 Å². The number of nitrogens with one attached hydrogen (secondary N) is 1. The highest BCUT2D eigenvalue weighted by molar-refractivity contribution is 4.72. The Hall–Kier alpha value is -0.120. The van der Waals surface area contributed by atoms with E-state index >= 15 is 0 Å². The summed E-state index contributed by atoms with van der Waals surface area (Å²) >= 11 is 0. The Morgan fingerprint density at radius 2 is 1.62 bits per heavy atom. The van der Waals surface area contributed by atoms with Crippen LogP contribution >= 0.6 is 0 Å². The van der Waals surface area contributed by atoms with E-state index < -0.39 is 0 Å². The molecule has 3 nitrogen and oxygen atoms in total. The Labute approximate surface area is 101 Å². The van der Waals surface area contributed by atoms with Crippen LogP contribution in [-0.2, 0) is 0 Å². The Balaban J connectivity index is 2.03. The van der Waals surface area contributed by atoms with E-state index in [2.05, 4.69) is 29.0 Å². The SMILES string of the molecule is CNCCCCN1CCN(CC(C)C)CC1. The number of nitrogens with zero attached hydrogens (tertiary/aromatic N) is 2. The van der Waals surface area contributed by atoms with Gasteiger partial charge in [-0.05, 0) is 38.9 Å². The van der Waals surface area contributed by atoms with Crippen LogP contribution in [0.3, 0.4) is 0 Å². The van der Waals surface area contributed by atoms with Gasteiger partial charge in [0, 0.05) is 32.7 Å². The first kappa shape index (κ1) is 13.9. The van der Waals surface area contributed by atoms with E-state index in [0.717, 1.165) is 12.5 Å². The fraction of sp³-hybridized carbons (Fsp3) is 1.00. The second-order valence-electron chi connectivity index (χ2n) is 5.35. The van der Waals surface area contributed by atoms with Crippen LogP contribution in [-0.4, -0.2) is 62.7 Å². The molecule has 1 fully saturated rings. The number of hydrogen-bond acceptors (Lipinski definition) is 3. The van der Waals surface area contributed by atoms with Gasteiger partial charge in [0.25, 0.3) is 0 Å². The highest BCUT2D eigenvalue weighted by atomic mass is 15.3. The Kier molecular flexibility index (Phi) is 7.01. The van der Waals surface area contributed by atoms with Gasteiger partial charge < -0.3 is 15.1 Å². The fourth-order valence-corrected chi connectivity index (χ4v) is 2.35. The lowest BCUT2D eigenvalue weighted by molar-refractivity contribution is 0.121. The van der Waals surface area contributed by atoms with Gasteiger partial charge in [0.15, 0.2) is 0 Å². The predicted molar refractivity (Wildman–Crippen MR) is 70.9 cm³/mol. The lowest BCUT2D eigenvalue weighted by Gasteiger charge is -2.35. The summed E-state index contributed by atoms with van der Waals surface area (Å²) in [4.78, 5) is 5.22. The molecule has 0 atom stereocenters. The van der Waals surface area contributed by atoms with Crippen LogP contribution in [0, 0.1) is 5.92 Å². The zero-order chi connectivity index (χ0) is 11.8. The zero-order valence-corrected chi connectivity index (χ0v) is 11.3. The number of hydrogen-bond donors (Lipinski definition) is 1. The third-order valence-electron chi connectivity index (χ3n) is 3.24. The third kappa shape index (κ3) is 5.83. The molecule has 0 aromatic heterocycles. The second-order valence-corrected chi connectivity index (χ2v) is 5.35. The molecule has 1 heterocycles. The van der Waals surface area contributed by atoms with Crippen LogP contribution in [0.5, 0.6) is 0 Å². The maximum absolute atomic E-state index is 3.21. The van der Waals surface area contributed by atoms with Crippen molar-refractivity contribution < 1.29 is 0 Å². The molecule has 0 aromatic rings. The monoisotopic (exact) mass is 227 g/mol. The summed E-state index contributed by atoms with van der Waals surface area (Å²) in [5.41, 5.74) is 0. The maximum atomic E-state index is 3.21. The van der Waals surface area contributed by atoms with Gasteiger partial charge in [0.05, 0.1) is 0 Å². The summed E-state index contributed by atoms with van der Waals surface area (Å²) in [6.45, 7) is 13.4. The molecule has 0 aliphatic carbocycles. The largest absolute Gasteiger partial charge is 0.320 e. The molecule has 0 aromatic carbocycles. The van der Waals surface area contributed by atoms with E-state index in [1.54, 1.807) is 0 Å². The molecule has 0 unspecified atom stereocenters. The van der Waals surface area contributed by atoms with Crippen molar-refractivity contribution in [2.45, 2.75) is 26.7 Å². The first-order valence-electron chi connectivity index (χ1n) is 6.81. The molecule has 0 bridgehead atoms. The summed E-state index contributed by atoms with van der Waals surface area (Å²) in [6.07, 6.45) is 2.65. The maximum Gasteiger partial charge on any atom is 0.0110 e. The van der Waals surface area contributed by atoms with Crippen LogP contribution in [0.15, 0.2) is 0 Å². The van der Waals surface area contributed by atoms with Crippen LogP contribution in [0.25, 0.3) is 0 Å². The van der Waals surface area contributed by atoms with E-state index in [0.29, 0.717) is 0 Å². The number of piperazine rings is 1. The molecule has 16 heavy (non-hydrogen) atoms. The first-order chi connectivity index (χ1) is 7.72. The molecule has 3 heteroatoms. The Morgan fingerprint density at radius 3 is 2.19 bits per heavy atom. The Bertz CT molecular complexity index is 163. The highest BCUT2D eigenvalue weighted by Gasteiger charge is 2.16. The molecule has 96 valence electrons. The van der Waals surface area contributed by atoms with Crippen molar-refractivity contribution in [3.63, 3.8) is 0 Å². The van der Waals surface area contributed by atoms with E-state index in [1.807, 2.05) is 7.05 Å². The summed E-state index contributed by atoms with van der Waals surface area (Å²) < 4.78 is 0. The quantitative estimate of drug-likeness (QED) is 0.661. The van der Waals surface area contributed by atoms with Gasteiger partial charge in [-0.2, -0.15) is 0 Å². The zero-order valence-electron chi connectivity index (χ0n) is 11.3. The van der Waals surface area contributed by atoms with Crippen molar-refractivity contribution in [2.75, 3.05) is 52.9 Å². The van der Waals surface area contributed by atoms with Crippen molar-refractivity contribution in [2.24, 2.45) is 5.92 Å². The van der Waals surface area contributed by atoms with Crippen molar-refractivity contribution in [3.8, 4) is 0 Å².